The van der Waals surface area contributed by atoms with Crippen molar-refractivity contribution in [2.24, 2.45) is 5.92 Å². The molecule has 0 saturated carbocycles. The molecule has 0 saturated heterocycles. The smallest absolute Gasteiger partial charge is 0.128 e. The molecule has 94 valence electrons. The molecule has 1 N–H and O–H groups in total. The van der Waals surface area contributed by atoms with Gasteiger partial charge in [-0.2, -0.15) is 11.8 Å². The van der Waals surface area contributed by atoms with Crippen LogP contribution in [0.25, 0.3) is 0 Å². The Kier molecular flexibility index (Phi) is 4.34. The Balaban J connectivity index is 2.51. The lowest BCUT2D eigenvalue weighted by Crippen LogP contribution is -2.28. The fraction of sp³-hybridized carbons (Fsp3) is 0.538. The first-order valence-corrected chi connectivity index (χ1v) is 7.46. The van der Waals surface area contributed by atoms with E-state index in [2.05, 4.69) is 12.2 Å². The Hall–Kier alpha value is -0.250. The summed E-state index contributed by atoms with van der Waals surface area (Å²) in [4.78, 5) is 0. The molecule has 0 spiro atoms. The lowest BCUT2D eigenvalue weighted by Gasteiger charge is -2.24. The molecule has 0 amide bonds. The van der Waals surface area contributed by atoms with Crippen LogP contribution < -0.4 is 5.32 Å². The van der Waals surface area contributed by atoms with Crippen molar-refractivity contribution in [2.75, 3.05) is 12.3 Å². The van der Waals surface area contributed by atoms with Gasteiger partial charge in [-0.25, -0.2) is 4.39 Å². The number of thioether (sulfide) groups is 1. The Morgan fingerprint density at radius 2 is 2.29 bits per heavy atom. The highest BCUT2D eigenvalue weighted by Crippen LogP contribution is 2.38. The first-order valence-electron chi connectivity index (χ1n) is 5.93. The molecule has 0 fully saturated rings. The fourth-order valence-electron chi connectivity index (χ4n) is 2.34. The predicted octanol–water partition coefficient (Wildman–Crippen LogP) is 4.01. The molecule has 2 atom stereocenters. The van der Waals surface area contributed by atoms with Gasteiger partial charge in [-0.1, -0.05) is 25.4 Å². The average Bonchev–Trinajstić information content (AvgIpc) is 2.46. The highest BCUT2D eigenvalue weighted by Gasteiger charge is 2.28. The minimum absolute atomic E-state index is 0.0729. The Labute approximate surface area is 111 Å². The minimum atomic E-state index is -0.135. The van der Waals surface area contributed by atoms with Crippen molar-refractivity contribution in [3.63, 3.8) is 0 Å². The monoisotopic (exact) mass is 273 g/mol. The zero-order valence-corrected chi connectivity index (χ0v) is 11.7. The van der Waals surface area contributed by atoms with E-state index < -0.39 is 0 Å². The number of rotatable bonds is 2. The van der Waals surface area contributed by atoms with Crippen molar-refractivity contribution in [3.05, 3.63) is 34.1 Å². The lowest BCUT2D eigenvalue weighted by atomic mass is 9.92. The molecule has 1 aliphatic rings. The predicted molar refractivity (Wildman–Crippen MR) is 73.2 cm³/mol. The molecule has 2 unspecified atom stereocenters. The zero-order valence-electron chi connectivity index (χ0n) is 10.1. The second-order valence-electron chi connectivity index (χ2n) is 4.45. The van der Waals surface area contributed by atoms with Gasteiger partial charge in [0, 0.05) is 22.4 Å². The van der Waals surface area contributed by atoms with Crippen LogP contribution in [-0.2, 0) is 5.75 Å². The molecule has 1 heterocycles. The van der Waals surface area contributed by atoms with Crippen molar-refractivity contribution in [3.8, 4) is 0 Å². The van der Waals surface area contributed by atoms with Crippen molar-refractivity contribution >= 4 is 23.4 Å². The Morgan fingerprint density at radius 3 is 3.00 bits per heavy atom. The van der Waals surface area contributed by atoms with E-state index in [1.54, 1.807) is 6.07 Å². The molecular weight excluding hydrogens is 257 g/mol. The van der Waals surface area contributed by atoms with Crippen LogP contribution in [0.5, 0.6) is 0 Å². The number of benzene rings is 1. The molecule has 0 bridgehead atoms. The summed E-state index contributed by atoms with van der Waals surface area (Å²) in [6.07, 6.45) is 0. The molecular formula is C13H17ClFNS. The molecule has 17 heavy (non-hydrogen) atoms. The number of halogens is 2. The zero-order chi connectivity index (χ0) is 12.4. The SMILES string of the molecule is CCNC1c2c(F)ccc(Cl)c2CSCC1C. The third kappa shape index (κ3) is 2.61. The molecule has 2 rings (SSSR count). The summed E-state index contributed by atoms with van der Waals surface area (Å²) in [6, 6.07) is 3.22. The van der Waals surface area contributed by atoms with Gasteiger partial charge in [0.2, 0.25) is 0 Å². The van der Waals surface area contributed by atoms with Gasteiger partial charge in [-0.15, -0.1) is 0 Å². The van der Waals surface area contributed by atoms with Crippen LogP contribution >= 0.6 is 23.4 Å². The first kappa shape index (κ1) is 13.2. The summed E-state index contributed by atoms with van der Waals surface area (Å²) in [5.41, 5.74) is 1.74. The van der Waals surface area contributed by atoms with Crippen LogP contribution in [0.3, 0.4) is 0 Å². The molecule has 1 nitrogen and oxygen atoms in total. The quantitative estimate of drug-likeness (QED) is 0.874. The van der Waals surface area contributed by atoms with Crippen LogP contribution in [0.1, 0.15) is 31.0 Å². The Bertz CT molecular complexity index is 411. The summed E-state index contributed by atoms with van der Waals surface area (Å²) in [5, 5.41) is 4.07. The first-order chi connectivity index (χ1) is 8.15. The van der Waals surface area contributed by atoms with Gasteiger partial charge in [0.05, 0.1) is 0 Å². The van der Waals surface area contributed by atoms with Crippen LogP contribution in [0, 0.1) is 11.7 Å². The molecule has 1 aromatic rings. The largest absolute Gasteiger partial charge is 0.310 e. The summed E-state index contributed by atoms with van der Waals surface area (Å²) in [5.74, 6) is 2.11. The minimum Gasteiger partial charge on any atom is -0.310 e. The molecule has 4 heteroatoms. The van der Waals surface area contributed by atoms with Gasteiger partial charge < -0.3 is 5.32 Å². The van der Waals surface area contributed by atoms with Gasteiger partial charge in [-0.3, -0.25) is 0 Å². The maximum Gasteiger partial charge on any atom is 0.128 e. The topological polar surface area (TPSA) is 12.0 Å². The summed E-state index contributed by atoms with van der Waals surface area (Å²) < 4.78 is 14.1. The van der Waals surface area contributed by atoms with Gasteiger partial charge in [-0.05, 0) is 35.9 Å². The van der Waals surface area contributed by atoms with E-state index in [-0.39, 0.29) is 11.9 Å². The van der Waals surface area contributed by atoms with Gasteiger partial charge >= 0.3 is 0 Å². The van der Waals surface area contributed by atoms with Gasteiger partial charge in [0.25, 0.3) is 0 Å². The van der Waals surface area contributed by atoms with Crippen molar-refractivity contribution in [2.45, 2.75) is 25.6 Å². The van der Waals surface area contributed by atoms with Crippen LogP contribution in [-0.4, -0.2) is 12.3 Å². The molecule has 0 aromatic heterocycles. The number of hydrogen-bond acceptors (Lipinski definition) is 2. The van der Waals surface area contributed by atoms with Crippen molar-refractivity contribution in [1.29, 1.82) is 0 Å². The molecule has 1 aromatic carbocycles. The van der Waals surface area contributed by atoms with E-state index >= 15 is 0 Å². The highest BCUT2D eigenvalue weighted by atomic mass is 35.5. The van der Waals surface area contributed by atoms with E-state index in [0.717, 1.165) is 29.2 Å². The fourth-order valence-corrected chi connectivity index (χ4v) is 3.85. The van der Waals surface area contributed by atoms with Crippen molar-refractivity contribution in [1.82, 2.24) is 5.32 Å². The van der Waals surface area contributed by atoms with Crippen molar-refractivity contribution < 1.29 is 4.39 Å². The van der Waals surface area contributed by atoms with E-state index in [1.807, 2.05) is 18.7 Å². The Morgan fingerprint density at radius 1 is 1.53 bits per heavy atom. The van der Waals surface area contributed by atoms with E-state index in [1.165, 1.54) is 6.07 Å². The number of fused-ring (bicyclic) bond motifs is 1. The normalized spacial score (nSPS) is 24.2. The third-order valence-corrected chi connectivity index (χ3v) is 4.79. The summed E-state index contributed by atoms with van der Waals surface area (Å²) in [7, 11) is 0. The summed E-state index contributed by atoms with van der Waals surface area (Å²) in [6.45, 7) is 5.05. The second kappa shape index (κ2) is 5.59. The van der Waals surface area contributed by atoms with Gasteiger partial charge in [0.15, 0.2) is 0 Å². The lowest BCUT2D eigenvalue weighted by molar-refractivity contribution is 0.411. The van der Waals surface area contributed by atoms with E-state index in [0.29, 0.717) is 10.9 Å². The standard InChI is InChI=1S/C13H17ClFNS/c1-3-16-13-8(2)6-17-7-9-10(14)4-5-11(15)12(9)13/h4-5,8,13,16H,3,6-7H2,1-2H3. The van der Waals surface area contributed by atoms with Crippen LogP contribution in [0.4, 0.5) is 4.39 Å². The highest BCUT2D eigenvalue weighted by molar-refractivity contribution is 7.98. The average molecular weight is 274 g/mol. The maximum absolute atomic E-state index is 14.1. The number of hydrogen-bond donors (Lipinski definition) is 1. The molecule has 0 radical (unpaired) electrons. The van der Waals surface area contributed by atoms with Crippen LogP contribution in [0.15, 0.2) is 12.1 Å². The molecule has 1 aliphatic heterocycles. The molecule has 0 aliphatic carbocycles. The maximum atomic E-state index is 14.1. The second-order valence-corrected chi connectivity index (χ2v) is 5.89. The van der Waals surface area contributed by atoms with E-state index in [4.69, 9.17) is 11.6 Å². The number of nitrogens with one attached hydrogen (secondary N) is 1. The van der Waals surface area contributed by atoms with E-state index in [9.17, 15) is 4.39 Å². The van der Waals surface area contributed by atoms with Gasteiger partial charge in [0.1, 0.15) is 5.82 Å². The third-order valence-electron chi connectivity index (χ3n) is 3.18. The van der Waals surface area contributed by atoms with Crippen LogP contribution in [0.2, 0.25) is 5.02 Å². The summed E-state index contributed by atoms with van der Waals surface area (Å²) >= 11 is 8.02.